The number of halogens is 1. The summed E-state index contributed by atoms with van der Waals surface area (Å²) in [5.74, 6) is 1.47. The first-order valence-corrected chi connectivity index (χ1v) is 8.48. The highest BCUT2D eigenvalue weighted by atomic mass is 19.1. The van der Waals surface area contributed by atoms with Gasteiger partial charge in [-0.05, 0) is 72.7 Å². The lowest BCUT2D eigenvalue weighted by Gasteiger charge is -2.17. The van der Waals surface area contributed by atoms with Crippen LogP contribution in [0.3, 0.4) is 0 Å². The fourth-order valence-corrected chi connectivity index (χ4v) is 2.71. The number of ether oxygens (including phenoxy) is 2. The smallest absolute Gasteiger partial charge is 0.291 e. The fourth-order valence-electron chi connectivity index (χ4n) is 2.71. The Kier molecular flexibility index (Phi) is 4.58. The van der Waals surface area contributed by atoms with Crippen LogP contribution in [0.25, 0.3) is 0 Å². The molecule has 0 aromatic heterocycles. The van der Waals surface area contributed by atoms with Crippen LogP contribution in [0.5, 0.6) is 17.2 Å². The lowest BCUT2D eigenvalue weighted by Crippen LogP contribution is -2.20. The number of amides is 1. The number of carbonyl (C=O) groups is 1. The van der Waals surface area contributed by atoms with Crippen LogP contribution >= 0.6 is 0 Å². The van der Waals surface area contributed by atoms with Gasteiger partial charge in [-0.25, -0.2) is 4.39 Å². The second kappa shape index (κ2) is 7.33. The van der Waals surface area contributed by atoms with Gasteiger partial charge in [-0.3, -0.25) is 4.79 Å². The standard InChI is InChI=1S/C22H16FNO3/c23-16-6-10-18(11-7-16)26-19-12-8-17(9-13-19)24-22(25)21-14-5-15-3-1-2-4-20(15)27-21/h1-4,6-14H,5H2,(H,24,25). The van der Waals surface area contributed by atoms with E-state index in [0.29, 0.717) is 29.4 Å². The van der Waals surface area contributed by atoms with E-state index in [1.165, 1.54) is 12.1 Å². The van der Waals surface area contributed by atoms with E-state index in [1.807, 2.05) is 24.3 Å². The minimum Gasteiger partial charge on any atom is -0.457 e. The third-order valence-corrected chi connectivity index (χ3v) is 4.09. The molecule has 4 rings (SSSR count). The molecule has 3 aromatic rings. The molecular formula is C22H16FNO3. The number of anilines is 1. The second-order valence-corrected chi connectivity index (χ2v) is 6.02. The van der Waals surface area contributed by atoms with E-state index in [1.54, 1.807) is 42.5 Å². The summed E-state index contributed by atoms with van der Waals surface area (Å²) >= 11 is 0. The van der Waals surface area contributed by atoms with Crippen molar-refractivity contribution >= 4 is 11.6 Å². The van der Waals surface area contributed by atoms with Crippen molar-refractivity contribution in [2.75, 3.05) is 5.32 Å². The van der Waals surface area contributed by atoms with Gasteiger partial charge in [0.1, 0.15) is 23.1 Å². The summed E-state index contributed by atoms with van der Waals surface area (Å²) in [6.07, 6.45) is 2.42. The maximum absolute atomic E-state index is 12.9. The first-order valence-electron chi connectivity index (χ1n) is 8.48. The highest BCUT2D eigenvalue weighted by molar-refractivity contribution is 6.02. The fraction of sp³-hybridized carbons (Fsp3) is 0.0455. The number of carbonyl (C=O) groups excluding carboxylic acids is 1. The van der Waals surface area contributed by atoms with Crippen LogP contribution in [0.1, 0.15) is 5.56 Å². The van der Waals surface area contributed by atoms with E-state index in [0.717, 1.165) is 5.56 Å². The van der Waals surface area contributed by atoms with Crippen LogP contribution < -0.4 is 14.8 Å². The number of nitrogens with one attached hydrogen (secondary N) is 1. The molecule has 0 unspecified atom stereocenters. The number of rotatable bonds is 4. The highest BCUT2D eigenvalue weighted by Crippen LogP contribution is 2.27. The molecule has 1 heterocycles. The van der Waals surface area contributed by atoms with Crippen LogP contribution in [-0.2, 0) is 11.2 Å². The number of hydrogen-bond acceptors (Lipinski definition) is 3. The van der Waals surface area contributed by atoms with E-state index in [2.05, 4.69) is 5.32 Å². The van der Waals surface area contributed by atoms with Crippen LogP contribution in [-0.4, -0.2) is 5.91 Å². The molecule has 0 fully saturated rings. The molecule has 1 amide bonds. The summed E-state index contributed by atoms with van der Waals surface area (Å²) in [5.41, 5.74) is 1.67. The molecular weight excluding hydrogens is 345 g/mol. The SMILES string of the molecule is O=C(Nc1ccc(Oc2ccc(F)cc2)cc1)C1=CCc2ccccc2O1. The molecule has 0 bridgehead atoms. The van der Waals surface area contributed by atoms with Crippen molar-refractivity contribution in [2.45, 2.75) is 6.42 Å². The molecule has 0 spiro atoms. The molecule has 1 aliphatic heterocycles. The molecule has 3 aromatic carbocycles. The summed E-state index contributed by atoms with van der Waals surface area (Å²) in [4.78, 5) is 12.4. The minimum atomic E-state index is -0.317. The van der Waals surface area contributed by atoms with Gasteiger partial charge in [0.25, 0.3) is 5.91 Å². The van der Waals surface area contributed by atoms with Gasteiger partial charge >= 0.3 is 0 Å². The number of allylic oxidation sites excluding steroid dienone is 1. The molecule has 1 N–H and O–H groups in total. The van der Waals surface area contributed by atoms with Crippen molar-refractivity contribution in [1.29, 1.82) is 0 Å². The maximum Gasteiger partial charge on any atom is 0.291 e. The van der Waals surface area contributed by atoms with E-state index in [9.17, 15) is 9.18 Å². The van der Waals surface area contributed by atoms with Gasteiger partial charge in [-0.15, -0.1) is 0 Å². The van der Waals surface area contributed by atoms with Gasteiger partial charge in [-0.1, -0.05) is 18.2 Å². The Balaban J connectivity index is 1.39. The van der Waals surface area contributed by atoms with Crippen molar-refractivity contribution in [3.63, 3.8) is 0 Å². The zero-order valence-corrected chi connectivity index (χ0v) is 14.3. The van der Waals surface area contributed by atoms with Crippen molar-refractivity contribution in [1.82, 2.24) is 0 Å². The average molecular weight is 361 g/mol. The second-order valence-electron chi connectivity index (χ2n) is 6.02. The van der Waals surface area contributed by atoms with Gasteiger partial charge in [0, 0.05) is 5.69 Å². The van der Waals surface area contributed by atoms with Gasteiger partial charge in [0.05, 0.1) is 0 Å². The lowest BCUT2D eigenvalue weighted by atomic mass is 10.1. The molecule has 0 saturated heterocycles. The topological polar surface area (TPSA) is 47.6 Å². The summed E-state index contributed by atoms with van der Waals surface area (Å²) in [5, 5.41) is 2.80. The number of fused-ring (bicyclic) bond motifs is 1. The first-order chi connectivity index (χ1) is 13.2. The first kappa shape index (κ1) is 16.8. The van der Waals surface area contributed by atoms with Crippen LogP contribution in [0.2, 0.25) is 0 Å². The van der Waals surface area contributed by atoms with Gasteiger partial charge < -0.3 is 14.8 Å². The molecule has 5 heteroatoms. The Morgan fingerprint density at radius 1 is 0.926 bits per heavy atom. The average Bonchev–Trinajstić information content (AvgIpc) is 2.71. The molecule has 1 aliphatic rings. The summed E-state index contributed by atoms with van der Waals surface area (Å²) in [7, 11) is 0. The normalized spacial score (nSPS) is 12.4. The number of hydrogen-bond donors (Lipinski definition) is 1. The third-order valence-electron chi connectivity index (χ3n) is 4.09. The molecule has 0 aliphatic carbocycles. The predicted octanol–water partition coefficient (Wildman–Crippen LogP) is 5.08. The Labute approximate surface area is 155 Å². The van der Waals surface area contributed by atoms with Gasteiger partial charge in [0.15, 0.2) is 5.76 Å². The minimum absolute atomic E-state index is 0.278. The third kappa shape index (κ3) is 3.98. The maximum atomic E-state index is 12.9. The molecule has 0 radical (unpaired) electrons. The Morgan fingerprint density at radius 2 is 1.59 bits per heavy atom. The predicted molar refractivity (Wildman–Crippen MR) is 100 cm³/mol. The molecule has 0 saturated carbocycles. The van der Waals surface area contributed by atoms with Crippen molar-refractivity contribution < 1.29 is 18.7 Å². The zero-order valence-electron chi connectivity index (χ0n) is 14.3. The lowest BCUT2D eigenvalue weighted by molar-refractivity contribution is -0.114. The summed E-state index contributed by atoms with van der Waals surface area (Å²) in [6.45, 7) is 0. The van der Waals surface area contributed by atoms with E-state index in [4.69, 9.17) is 9.47 Å². The van der Waals surface area contributed by atoms with Crippen LogP contribution in [0.4, 0.5) is 10.1 Å². The van der Waals surface area contributed by atoms with Crippen molar-refractivity contribution in [2.24, 2.45) is 0 Å². The number of para-hydroxylation sites is 1. The van der Waals surface area contributed by atoms with E-state index >= 15 is 0 Å². The molecule has 4 nitrogen and oxygen atoms in total. The quantitative estimate of drug-likeness (QED) is 0.705. The number of benzene rings is 3. The highest BCUT2D eigenvalue weighted by Gasteiger charge is 2.18. The van der Waals surface area contributed by atoms with Crippen LogP contribution in [0.15, 0.2) is 84.6 Å². The summed E-state index contributed by atoms with van der Waals surface area (Å²) in [6, 6.07) is 20.3. The molecule has 134 valence electrons. The zero-order chi connectivity index (χ0) is 18.6. The molecule has 27 heavy (non-hydrogen) atoms. The monoisotopic (exact) mass is 361 g/mol. The van der Waals surface area contributed by atoms with Gasteiger partial charge in [-0.2, -0.15) is 0 Å². The largest absolute Gasteiger partial charge is 0.457 e. The molecule has 0 atom stereocenters. The Morgan fingerprint density at radius 3 is 2.33 bits per heavy atom. The van der Waals surface area contributed by atoms with Crippen molar-refractivity contribution in [3.8, 4) is 17.2 Å². The van der Waals surface area contributed by atoms with E-state index in [-0.39, 0.29) is 17.5 Å². The Bertz CT molecular complexity index is 995. The van der Waals surface area contributed by atoms with Crippen molar-refractivity contribution in [3.05, 3.63) is 96.0 Å². The Hall–Kier alpha value is -3.60. The summed E-state index contributed by atoms with van der Waals surface area (Å²) < 4.78 is 24.2. The van der Waals surface area contributed by atoms with E-state index < -0.39 is 0 Å². The van der Waals surface area contributed by atoms with Gasteiger partial charge in [0.2, 0.25) is 0 Å². The van der Waals surface area contributed by atoms with Crippen LogP contribution in [0, 0.1) is 5.82 Å².